The summed E-state index contributed by atoms with van der Waals surface area (Å²) in [6.45, 7) is 5.18. The molecular weight excluding hydrogens is 308 g/mol. The molecule has 1 aromatic heterocycles. The number of aliphatic hydroxyl groups excluding tert-OH is 1. The maximum Gasteiger partial charge on any atom is 0.176 e. The van der Waals surface area contributed by atoms with Gasteiger partial charge < -0.3 is 29.4 Å². The van der Waals surface area contributed by atoms with Crippen molar-refractivity contribution in [1.29, 1.82) is 0 Å². The number of piperazine rings is 1. The molecule has 4 heterocycles. The van der Waals surface area contributed by atoms with Crippen LogP contribution in [0, 0.1) is 0 Å². The average molecular weight is 336 g/mol. The lowest BCUT2D eigenvalue weighted by Crippen LogP contribution is -2.66. The molecule has 3 fully saturated rings. The van der Waals surface area contributed by atoms with Crippen molar-refractivity contribution in [3.8, 4) is 0 Å². The summed E-state index contributed by atoms with van der Waals surface area (Å²) < 4.78 is 14.0. The fourth-order valence-electron chi connectivity index (χ4n) is 4.06. The summed E-state index contributed by atoms with van der Waals surface area (Å²) in [6.07, 6.45) is 1.17. The van der Waals surface area contributed by atoms with E-state index in [2.05, 4.69) is 32.8 Å². The summed E-state index contributed by atoms with van der Waals surface area (Å²) in [4.78, 5) is 4.64. The van der Waals surface area contributed by atoms with Crippen LogP contribution in [0.1, 0.15) is 5.69 Å². The molecule has 1 aromatic rings. The number of aliphatic hydroxyl groups is 1. The summed E-state index contributed by atoms with van der Waals surface area (Å²) in [5, 5.41) is 14.5. The van der Waals surface area contributed by atoms with Crippen molar-refractivity contribution in [2.24, 2.45) is 7.05 Å². The molecule has 5 atom stereocenters. The first-order chi connectivity index (χ1) is 11.6. The molecule has 0 radical (unpaired) electrons. The number of rotatable bonds is 4. The first-order valence-electron chi connectivity index (χ1n) is 8.85. The monoisotopic (exact) mass is 336 g/mol. The van der Waals surface area contributed by atoms with Gasteiger partial charge in [0.05, 0.1) is 24.8 Å². The van der Waals surface area contributed by atoms with Crippen LogP contribution in [0.3, 0.4) is 0 Å². The van der Waals surface area contributed by atoms with Crippen LogP contribution in [0.25, 0.3) is 0 Å². The minimum Gasteiger partial charge on any atom is -0.390 e. The van der Waals surface area contributed by atoms with Crippen molar-refractivity contribution in [2.75, 3.05) is 39.8 Å². The molecule has 0 amide bonds. The predicted molar refractivity (Wildman–Crippen MR) is 89.5 cm³/mol. The highest BCUT2D eigenvalue weighted by Gasteiger charge is 2.52. The molecule has 134 valence electrons. The Kier molecular flexibility index (Phi) is 4.64. The van der Waals surface area contributed by atoms with Crippen molar-refractivity contribution >= 4 is 0 Å². The van der Waals surface area contributed by atoms with E-state index in [0.717, 1.165) is 26.2 Å². The Hall–Kier alpha value is -0.960. The number of aryl methyl sites for hydroxylation is 1. The molecule has 24 heavy (non-hydrogen) atoms. The Labute approximate surface area is 143 Å². The highest BCUT2D eigenvalue weighted by molar-refractivity contribution is 5.08. The lowest BCUT2D eigenvalue weighted by molar-refractivity contribution is -0.186. The summed E-state index contributed by atoms with van der Waals surface area (Å²) >= 11 is 0. The minimum atomic E-state index is -0.486. The zero-order valence-corrected chi connectivity index (χ0v) is 14.5. The molecule has 0 spiro atoms. The number of hydrogen-bond donors (Lipinski definition) is 2. The number of nitrogens with zero attached hydrogens (tertiary/aromatic N) is 3. The second-order valence-corrected chi connectivity index (χ2v) is 7.21. The average Bonchev–Trinajstić information content (AvgIpc) is 3.17. The molecular formula is C17H28N4O3. The van der Waals surface area contributed by atoms with E-state index in [0.29, 0.717) is 13.2 Å². The predicted octanol–water partition coefficient (Wildman–Crippen LogP) is -0.785. The van der Waals surface area contributed by atoms with Crippen LogP contribution in [0.4, 0.5) is 0 Å². The fourth-order valence-corrected chi connectivity index (χ4v) is 4.06. The van der Waals surface area contributed by atoms with Gasteiger partial charge in [0.25, 0.3) is 0 Å². The standard InChI is InChI=1S/C17H28N4O3/c1-19-6-8-21(9-7-19)15-16(22)14(13-11-23-17(15)24-13)18-10-12-4-3-5-20(12)2/h3-5,13-18,22H,6-11H2,1-2H3. The molecule has 3 aliphatic heterocycles. The first-order valence-corrected chi connectivity index (χ1v) is 8.85. The van der Waals surface area contributed by atoms with Crippen LogP contribution in [-0.2, 0) is 23.1 Å². The van der Waals surface area contributed by atoms with Crippen molar-refractivity contribution in [3.05, 3.63) is 24.0 Å². The largest absolute Gasteiger partial charge is 0.390 e. The molecule has 3 aliphatic rings. The van der Waals surface area contributed by atoms with E-state index in [4.69, 9.17) is 9.47 Å². The number of hydrogen-bond acceptors (Lipinski definition) is 6. The van der Waals surface area contributed by atoms with Crippen molar-refractivity contribution < 1.29 is 14.6 Å². The SMILES string of the molecule is CN1CCN(C2C3OCC(O3)C(NCc3cccn3C)C2O)CC1. The topological polar surface area (TPSA) is 62.1 Å². The van der Waals surface area contributed by atoms with Gasteiger partial charge in [-0.3, -0.25) is 4.90 Å². The molecule has 3 saturated heterocycles. The molecule has 5 unspecified atom stereocenters. The third-order valence-corrected chi connectivity index (χ3v) is 5.66. The van der Waals surface area contributed by atoms with Crippen molar-refractivity contribution in [1.82, 2.24) is 19.7 Å². The van der Waals surface area contributed by atoms with Gasteiger partial charge in [0.15, 0.2) is 6.29 Å². The molecule has 7 nitrogen and oxygen atoms in total. The van der Waals surface area contributed by atoms with Crippen molar-refractivity contribution in [2.45, 2.75) is 37.1 Å². The molecule has 2 N–H and O–H groups in total. The smallest absolute Gasteiger partial charge is 0.176 e. The molecule has 2 bridgehead atoms. The quantitative estimate of drug-likeness (QED) is 0.752. The highest BCUT2D eigenvalue weighted by Crippen LogP contribution is 2.32. The lowest BCUT2D eigenvalue weighted by Gasteiger charge is -2.46. The maximum absolute atomic E-state index is 11.0. The Morgan fingerprint density at radius 2 is 2.04 bits per heavy atom. The van der Waals surface area contributed by atoms with E-state index < -0.39 is 6.10 Å². The molecule has 0 saturated carbocycles. The Morgan fingerprint density at radius 3 is 2.75 bits per heavy atom. The number of fused-ring (bicyclic) bond motifs is 2. The van der Waals surface area contributed by atoms with E-state index in [1.165, 1.54) is 5.69 Å². The molecule has 0 aliphatic carbocycles. The Balaban J connectivity index is 1.45. The zero-order valence-electron chi connectivity index (χ0n) is 14.5. The molecule has 0 aromatic carbocycles. The van der Waals surface area contributed by atoms with Crippen LogP contribution in [0.5, 0.6) is 0 Å². The van der Waals surface area contributed by atoms with Crippen LogP contribution in [0.2, 0.25) is 0 Å². The normalized spacial score (nSPS) is 37.9. The van der Waals surface area contributed by atoms with Crippen LogP contribution in [-0.4, -0.2) is 89.9 Å². The van der Waals surface area contributed by atoms with Crippen molar-refractivity contribution in [3.63, 3.8) is 0 Å². The van der Waals surface area contributed by atoms with E-state index in [1.807, 2.05) is 19.3 Å². The molecule has 7 heteroatoms. The van der Waals surface area contributed by atoms with Crippen LogP contribution >= 0.6 is 0 Å². The van der Waals surface area contributed by atoms with Gasteiger partial charge in [-0.2, -0.15) is 0 Å². The van der Waals surface area contributed by atoms with Crippen LogP contribution < -0.4 is 5.32 Å². The third-order valence-electron chi connectivity index (χ3n) is 5.66. The minimum absolute atomic E-state index is 0.0750. The second-order valence-electron chi connectivity index (χ2n) is 7.21. The summed E-state index contributed by atoms with van der Waals surface area (Å²) in [5.41, 5.74) is 1.19. The van der Waals surface area contributed by atoms with E-state index in [9.17, 15) is 5.11 Å². The zero-order chi connectivity index (χ0) is 16.7. The van der Waals surface area contributed by atoms with E-state index >= 15 is 0 Å². The van der Waals surface area contributed by atoms with Gasteiger partial charge in [0, 0.05) is 51.7 Å². The van der Waals surface area contributed by atoms with E-state index in [1.54, 1.807) is 0 Å². The van der Waals surface area contributed by atoms with Gasteiger partial charge in [-0.05, 0) is 19.2 Å². The van der Waals surface area contributed by atoms with E-state index in [-0.39, 0.29) is 24.5 Å². The molecule has 4 rings (SSSR count). The lowest BCUT2D eigenvalue weighted by atomic mass is 9.94. The Morgan fingerprint density at radius 1 is 1.25 bits per heavy atom. The summed E-state index contributed by atoms with van der Waals surface area (Å²) in [5.74, 6) is 0. The highest BCUT2D eigenvalue weighted by atomic mass is 16.7. The van der Waals surface area contributed by atoms with Gasteiger partial charge in [0.2, 0.25) is 0 Å². The Bertz CT molecular complexity index is 558. The fraction of sp³-hybridized carbons (Fsp3) is 0.765. The number of ether oxygens (including phenoxy) is 2. The van der Waals surface area contributed by atoms with Crippen LogP contribution in [0.15, 0.2) is 18.3 Å². The third kappa shape index (κ3) is 3.00. The first kappa shape index (κ1) is 16.5. The van der Waals surface area contributed by atoms with Gasteiger partial charge in [-0.1, -0.05) is 0 Å². The second kappa shape index (κ2) is 6.74. The maximum atomic E-state index is 11.0. The number of likely N-dealkylation sites (N-methyl/N-ethyl adjacent to an activating group) is 1. The summed E-state index contributed by atoms with van der Waals surface area (Å²) in [7, 11) is 4.17. The number of aromatic nitrogens is 1. The number of nitrogens with one attached hydrogen (secondary N) is 1. The summed E-state index contributed by atoms with van der Waals surface area (Å²) in [6, 6.07) is 3.92. The van der Waals surface area contributed by atoms with Gasteiger partial charge in [0.1, 0.15) is 6.10 Å². The van der Waals surface area contributed by atoms with Gasteiger partial charge in [-0.25, -0.2) is 0 Å². The van der Waals surface area contributed by atoms with Gasteiger partial charge in [-0.15, -0.1) is 0 Å². The van der Waals surface area contributed by atoms with Gasteiger partial charge >= 0.3 is 0 Å².